The Morgan fingerprint density at radius 3 is 2.72 bits per heavy atom. The maximum Gasteiger partial charge on any atom is 0.409 e. The highest BCUT2D eigenvalue weighted by molar-refractivity contribution is 5.81. The molecule has 3 aromatic rings. The van der Waals surface area contributed by atoms with E-state index in [1.807, 2.05) is 23.8 Å². The highest BCUT2D eigenvalue weighted by atomic mass is 16.6. The summed E-state index contributed by atoms with van der Waals surface area (Å²) in [6.07, 6.45) is 6.77. The van der Waals surface area contributed by atoms with Crippen LogP contribution >= 0.6 is 0 Å². The SMILES string of the molecule is CCOC(=O)N1CCC(n2ncc3ccc(-n4cnnc4)cc32)CC1. The highest BCUT2D eigenvalue weighted by Crippen LogP contribution is 2.27. The molecular weight excluding hydrogens is 320 g/mol. The summed E-state index contributed by atoms with van der Waals surface area (Å²) >= 11 is 0. The molecule has 0 unspecified atom stereocenters. The zero-order valence-electron chi connectivity index (χ0n) is 14.1. The molecule has 25 heavy (non-hydrogen) atoms. The van der Waals surface area contributed by atoms with Gasteiger partial charge in [-0.1, -0.05) is 0 Å². The van der Waals surface area contributed by atoms with Crippen LogP contribution in [0.5, 0.6) is 0 Å². The van der Waals surface area contributed by atoms with Crippen LogP contribution in [0.2, 0.25) is 0 Å². The Labute approximate surface area is 145 Å². The van der Waals surface area contributed by atoms with Gasteiger partial charge in [0.1, 0.15) is 12.7 Å². The summed E-state index contributed by atoms with van der Waals surface area (Å²) in [6.45, 7) is 3.62. The molecule has 2 aromatic heterocycles. The van der Waals surface area contributed by atoms with Gasteiger partial charge < -0.3 is 9.64 Å². The first-order valence-corrected chi connectivity index (χ1v) is 8.50. The molecule has 1 fully saturated rings. The summed E-state index contributed by atoms with van der Waals surface area (Å²) in [7, 11) is 0. The van der Waals surface area contributed by atoms with Gasteiger partial charge in [0, 0.05) is 18.5 Å². The number of piperidine rings is 1. The number of aromatic nitrogens is 5. The van der Waals surface area contributed by atoms with Crippen molar-refractivity contribution in [2.45, 2.75) is 25.8 Å². The number of fused-ring (bicyclic) bond motifs is 1. The lowest BCUT2D eigenvalue weighted by Gasteiger charge is -2.31. The van der Waals surface area contributed by atoms with Crippen molar-refractivity contribution in [2.24, 2.45) is 0 Å². The van der Waals surface area contributed by atoms with Crippen molar-refractivity contribution in [1.29, 1.82) is 0 Å². The topological polar surface area (TPSA) is 78.1 Å². The van der Waals surface area contributed by atoms with Crippen molar-refractivity contribution in [1.82, 2.24) is 29.4 Å². The van der Waals surface area contributed by atoms with Gasteiger partial charge in [-0.15, -0.1) is 10.2 Å². The van der Waals surface area contributed by atoms with Gasteiger partial charge in [0.2, 0.25) is 0 Å². The monoisotopic (exact) mass is 340 g/mol. The van der Waals surface area contributed by atoms with E-state index in [0.717, 1.165) is 29.4 Å². The van der Waals surface area contributed by atoms with Crippen LogP contribution in [0.3, 0.4) is 0 Å². The summed E-state index contributed by atoms with van der Waals surface area (Å²) in [5.74, 6) is 0. The maximum absolute atomic E-state index is 11.8. The molecule has 1 aliphatic heterocycles. The van der Waals surface area contributed by atoms with Crippen molar-refractivity contribution in [3.8, 4) is 5.69 Å². The minimum atomic E-state index is -0.221. The minimum Gasteiger partial charge on any atom is -0.450 e. The predicted octanol–water partition coefficient (Wildman–Crippen LogP) is 2.41. The Bertz CT molecular complexity index is 865. The lowest BCUT2D eigenvalue weighted by molar-refractivity contribution is 0.0920. The first-order valence-electron chi connectivity index (χ1n) is 8.50. The third-order valence-corrected chi connectivity index (χ3v) is 4.64. The van der Waals surface area contributed by atoms with Crippen LogP contribution in [0.1, 0.15) is 25.8 Å². The second kappa shape index (κ2) is 6.54. The zero-order valence-corrected chi connectivity index (χ0v) is 14.1. The van der Waals surface area contributed by atoms with E-state index in [-0.39, 0.29) is 12.1 Å². The second-order valence-electron chi connectivity index (χ2n) is 6.12. The van der Waals surface area contributed by atoms with E-state index in [2.05, 4.69) is 32.1 Å². The average molecular weight is 340 g/mol. The number of likely N-dealkylation sites (tertiary alicyclic amines) is 1. The van der Waals surface area contributed by atoms with E-state index in [9.17, 15) is 4.79 Å². The van der Waals surface area contributed by atoms with Crippen molar-refractivity contribution >= 4 is 17.0 Å². The van der Waals surface area contributed by atoms with Crippen LogP contribution in [0.4, 0.5) is 4.79 Å². The molecule has 1 aromatic carbocycles. The molecule has 130 valence electrons. The molecule has 8 heteroatoms. The molecule has 0 radical (unpaired) electrons. The van der Waals surface area contributed by atoms with Crippen LogP contribution < -0.4 is 0 Å². The Morgan fingerprint density at radius 2 is 2.00 bits per heavy atom. The summed E-state index contributed by atoms with van der Waals surface area (Å²) in [5.41, 5.74) is 2.09. The normalized spacial score (nSPS) is 15.6. The average Bonchev–Trinajstić information content (AvgIpc) is 3.31. The fourth-order valence-corrected chi connectivity index (χ4v) is 3.32. The summed E-state index contributed by atoms with van der Waals surface area (Å²) < 4.78 is 9.03. The summed E-state index contributed by atoms with van der Waals surface area (Å²) in [5, 5.41) is 13.4. The van der Waals surface area contributed by atoms with Gasteiger partial charge in [-0.3, -0.25) is 9.25 Å². The molecule has 0 spiro atoms. The van der Waals surface area contributed by atoms with E-state index >= 15 is 0 Å². The summed E-state index contributed by atoms with van der Waals surface area (Å²) in [4.78, 5) is 13.6. The molecular formula is C17H20N6O2. The van der Waals surface area contributed by atoms with Crippen LogP contribution in [0, 0.1) is 0 Å². The third kappa shape index (κ3) is 2.95. The number of ether oxygens (including phenoxy) is 1. The molecule has 0 bridgehead atoms. The van der Waals surface area contributed by atoms with Crippen LogP contribution in [0.25, 0.3) is 16.6 Å². The van der Waals surface area contributed by atoms with Gasteiger partial charge in [-0.2, -0.15) is 5.10 Å². The number of rotatable bonds is 3. The van der Waals surface area contributed by atoms with E-state index in [4.69, 9.17) is 4.74 Å². The quantitative estimate of drug-likeness (QED) is 0.732. The van der Waals surface area contributed by atoms with Crippen molar-refractivity contribution in [3.05, 3.63) is 37.1 Å². The van der Waals surface area contributed by atoms with Crippen LogP contribution in [-0.4, -0.2) is 55.2 Å². The van der Waals surface area contributed by atoms with E-state index < -0.39 is 0 Å². The molecule has 1 saturated heterocycles. The molecule has 0 saturated carbocycles. The van der Waals surface area contributed by atoms with Crippen molar-refractivity contribution in [2.75, 3.05) is 19.7 Å². The van der Waals surface area contributed by atoms with Crippen LogP contribution in [-0.2, 0) is 4.74 Å². The number of carbonyl (C=O) groups is 1. The smallest absolute Gasteiger partial charge is 0.409 e. The number of amides is 1. The van der Waals surface area contributed by atoms with Gasteiger partial charge >= 0.3 is 6.09 Å². The maximum atomic E-state index is 11.8. The Hall–Kier alpha value is -2.90. The number of hydrogen-bond acceptors (Lipinski definition) is 5. The molecule has 1 amide bonds. The zero-order chi connectivity index (χ0) is 17.2. The number of nitrogens with zero attached hydrogens (tertiary/aromatic N) is 6. The number of hydrogen-bond donors (Lipinski definition) is 0. The largest absolute Gasteiger partial charge is 0.450 e. The fourth-order valence-electron chi connectivity index (χ4n) is 3.32. The lowest BCUT2D eigenvalue weighted by atomic mass is 10.1. The number of benzene rings is 1. The Morgan fingerprint density at radius 1 is 1.24 bits per heavy atom. The van der Waals surface area contributed by atoms with Gasteiger partial charge in [-0.25, -0.2) is 4.79 Å². The van der Waals surface area contributed by atoms with Crippen LogP contribution in [0.15, 0.2) is 37.1 Å². The standard InChI is InChI=1S/C17H20N6O2/c1-2-25-17(24)21-7-5-14(6-8-21)23-16-9-15(22-11-18-19-12-22)4-3-13(16)10-20-23/h3-4,9-12,14H,2,5-8H2,1H3. The second-order valence-corrected chi connectivity index (χ2v) is 6.12. The lowest BCUT2D eigenvalue weighted by Crippen LogP contribution is -2.39. The van der Waals surface area contributed by atoms with E-state index in [1.54, 1.807) is 17.6 Å². The Kier molecular flexibility index (Phi) is 4.09. The predicted molar refractivity (Wildman–Crippen MR) is 91.5 cm³/mol. The van der Waals surface area contributed by atoms with Crippen molar-refractivity contribution in [3.63, 3.8) is 0 Å². The fraction of sp³-hybridized carbons (Fsp3) is 0.412. The van der Waals surface area contributed by atoms with E-state index in [0.29, 0.717) is 19.7 Å². The molecule has 0 atom stereocenters. The molecule has 0 aliphatic carbocycles. The Balaban J connectivity index is 1.56. The first-order chi connectivity index (χ1) is 12.3. The van der Waals surface area contributed by atoms with Crippen molar-refractivity contribution < 1.29 is 9.53 Å². The first kappa shape index (κ1) is 15.6. The number of carbonyl (C=O) groups excluding carboxylic acids is 1. The van der Waals surface area contributed by atoms with E-state index in [1.165, 1.54) is 0 Å². The molecule has 1 aliphatic rings. The van der Waals surface area contributed by atoms with Gasteiger partial charge in [0.05, 0.1) is 30.0 Å². The summed E-state index contributed by atoms with van der Waals surface area (Å²) in [6, 6.07) is 6.46. The van der Waals surface area contributed by atoms with Gasteiger partial charge in [0.25, 0.3) is 0 Å². The third-order valence-electron chi connectivity index (χ3n) is 4.64. The molecule has 3 heterocycles. The molecule has 4 rings (SSSR count). The van der Waals surface area contributed by atoms with Gasteiger partial charge in [-0.05, 0) is 38.0 Å². The molecule has 0 N–H and O–H groups in total. The van der Waals surface area contributed by atoms with Gasteiger partial charge in [0.15, 0.2) is 0 Å². The highest BCUT2D eigenvalue weighted by Gasteiger charge is 2.25. The minimum absolute atomic E-state index is 0.221. The molecule has 8 nitrogen and oxygen atoms in total.